The van der Waals surface area contributed by atoms with Crippen LogP contribution in [0.25, 0.3) is 0 Å². The van der Waals surface area contributed by atoms with Gasteiger partial charge in [-0.05, 0) is 19.9 Å². The highest BCUT2D eigenvalue weighted by molar-refractivity contribution is 5.75. The Morgan fingerprint density at radius 2 is 2.06 bits per heavy atom. The maximum atomic E-state index is 11.4. The lowest BCUT2D eigenvalue weighted by Crippen LogP contribution is -2.31. The lowest BCUT2D eigenvalue weighted by molar-refractivity contribution is 0.243. The fraction of sp³-hybridized carbons (Fsp3) is 0.308. The van der Waals surface area contributed by atoms with Gasteiger partial charge in [-0.3, -0.25) is 0 Å². The van der Waals surface area contributed by atoms with Crippen LogP contribution in [-0.2, 0) is 6.54 Å². The van der Waals surface area contributed by atoms with Crippen molar-refractivity contribution in [2.75, 3.05) is 7.11 Å². The molecule has 0 saturated heterocycles. The number of carbonyl (C=O) groups is 1. The van der Waals surface area contributed by atoms with E-state index in [0.29, 0.717) is 6.54 Å². The first kappa shape index (κ1) is 13.1. The summed E-state index contributed by atoms with van der Waals surface area (Å²) >= 11 is 0. The van der Waals surface area contributed by atoms with Crippen LogP contribution in [0.2, 0.25) is 0 Å². The summed E-state index contributed by atoms with van der Waals surface area (Å²) in [6.45, 7) is 4.27. The number of nitrogens with one attached hydrogen (secondary N) is 2. The predicted octanol–water partition coefficient (Wildman–Crippen LogP) is 2.42. The summed E-state index contributed by atoms with van der Waals surface area (Å²) in [6.07, 6.45) is 1.66. The predicted molar refractivity (Wildman–Crippen MR) is 67.8 cm³/mol. The van der Waals surface area contributed by atoms with Crippen molar-refractivity contribution in [3.8, 4) is 5.75 Å². The maximum absolute atomic E-state index is 11.4. The molecule has 0 spiro atoms. The van der Waals surface area contributed by atoms with Gasteiger partial charge >= 0.3 is 6.03 Å². The first-order valence-electron chi connectivity index (χ1n) is 5.43. The van der Waals surface area contributed by atoms with Crippen LogP contribution in [0.3, 0.4) is 0 Å². The number of benzene rings is 1. The zero-order valence-corrected chi connectivity index (χ0v) is 10.4. The third kappa shape index (κ3) is 4.59. The number of carbonyl (C=O) groups excluding carboxylic acids is 1. The van der Waals surface area contributed by atoms with E-state index in [-0.39, 0.29) is 6.03 Å². The molecule has 92 valence electrons. The third-order valence-electron chi connectivity index (χ3n) is 2.12. The normalized spacial score (nSPS) is 9.35. The lowest BCUT2D eigenvalue weighted by Gasteiger charge is -2.09. The van der Waals surface area contributed by atoms with Crippen LogP contribution in [0.4, 0.5) is 4.79 Å². The number of allylic oxidation sites excluding steroid dienone is 1. The lowest BCUT2D eigenvalue weighted by atomic mass is 10.2. The Kier molecular flexibility index (Phi) is 5.07. The minimum atomic E-state index is -0.225. The number of amides is 2. The number of hydrogen-bond acceptors (Lipinski definition) is 2. The average molecular weight is 234 g/mol. The van der Waals surface area contributed by atoms with E-state index in [2.05, 4.69) is 10.6 Å². The van der Waals surface area contributed by atoms with Gasteiger partial charge in [0.25, 0.3) is 0 Å². The third-order valence-corrected chi connectivity index (χ3v) is 2.12. The minimum absolute atomic E-state index is 0.225. The molecule has 0 aromatic heterocycles. The van der Waals surface area contributed by atoms with Crippen molar-refractivity contribution in [3.05, 3.63) is 41.6 Å². The Hall–Kier alpha value is -1.97. The molecule has 0 bridgehead atoms. The number of methoxy groups -OCH3 is 1. The molecule has 2 amide bonds. The van der Waals surface area contributed by atoms with Crippen molar-refractivity contribution in [2.45, 2.75) is 20.4 Å². The van der Waals surface area contributed by atoms with Gasteiger partial charge in [0.15, 0.2) is 0 Å². The number of para-hydroxylation sites is 1. The van der Waals surface area contributed by atoms with Gasteiger partial charge in [-0.2, -0.15) is 0 Å². The molecule has 4 heteroatoms. The van der Waals surface area contributed by atoms with Gasteiger partial charge in [0, 0.05) is 18.3 Å². The fourth-order valence-electron chi connectivity index (χ4n) is 1.29. The molecule has 1 aromatic rings. The molecule has 0 aliphatic carbocycles. The van der Waals surface area contributed by atoms with E-state index in [0.717, 1.165) is 16.9 Å². The van der Waals surface area contributed by atoms with Crippen molar-refractivity contribution < 1.29 is 9.53 Å². The van der Waals surface area contributed by atoms with Gasteiger partial charge in [-0.15, -0.1) is 0 Å². The van der Waals surface area contributed by atoms with Gasteiger partial charge in [0.05, 0.1) is 7.11 Å². The topological polar surface area (TPSA) is 50.4 Å². The molecule has 1 rings (SSSR count). The second kappa shape index (κ2) is 6.58. The van der Waals surface area contributed by atoms with Crippen LogP contribution in [0.15, 0.2) is 36.0 Å². The average Bonchev–Trinajstić information content (AvgIpc) is 2.34. The number of hydrogen-bond donors (Lipinski definition) is 2. The first-order valence-corrected chi connectivity index (χ1v) is 5.43. The molecule has 4 nitrogen and oxygen atoms in total. The minimum Gasteiger partial charge on any atom is -0.496 e. The second-order valence-electron chi connectivity index (χ2n) is 3.86. The van der Waals surface area contributed by atoms with Crippen LogP contribution in [-0.4, -0.2) is 13.1 Å². The van der Waals surface area contributed by atoms with E-state index in [1.165, 1.54) is 0 Å². The zero-order chi connectivity index (χ0) is 12.7. The molecule has 0 aliphatic rings. The molecule has 0 heterocycles. The summed E-state index contributed by atoms with van der Waals surface area (Å²) in [4.78, 5) is 11.4. The number of ether oxygens (including phenoxy) is 1. The monoisotopic (exact) mass is 234 g/mol. The van der Waals surface area contributed by atoms with Gasteiger partial charge in [-0.1, -0.05) is 23.8 Å². The molecule has 1 aromatic carbocycles. The van der Waals surface area contributed by atoms with E-state index in [9.17, 15) is 4.79 Å². The largest absolute Gasteiger partial charge is 0.496 e. The molecule has 0 saturated carbocycles. The van der Waals surface area contributed by atoms with Crippen LogP contribution in [0.5, 0.6) is 5.75 Å². The Labute approximate surface area is 102 Å². The van der Waals surface area contributed by atoms with E-state index >= 15 is 0 Å². The number of rotatable bonds is 4. The van der Waals surface area contributed by atoms with Gasteiger partial charge in [0.1, 0.15) is 5.75 Å². The quantitative estimate of drug-likeness (QED) is 0.840. The summed E-state index contributed by atoms with van der Waals surface area (Å²) in [5, 5.41) is 5.39. The van der Waals surface area contributed by atoms with E-state index in [1.54, 1.807) is 13.3 Å². The van der Waals surface area contributed by atoms with Gasteiger partial charge in [0.2, 0.25) is 0 Å². The summed E-state index contributed by atoms with van der Waals surface area (Å²) in [5.74, 6) is 0.773. The van der Waals surface area contributed by atoms with Crippen LogP contribution in [0.1, 0.15) is 19.4 Å². The van der Waals surface area contributed by atoms with Gasteiger partial charge < -0.3 is 15.4 Å². The standard InChI is InChI=1S/C13H18N2O2/c1-10(2)8-14-13(16)15-9-11-6-4-5-7-12(11)17-3/h4-8H,9H2,1-3H3,(H2,14,15,16). The van der Waals surface area contributed by atoms with Crippen molar-refractivity contribution in [3.63, 3.8) is 0 Å². The fourth-order valence-corrected chi connectivity index (χ4v) is 1.29. The summed E-state index contributed by atoms with van der Waals surface area (Å²) in [6, 6.07) is 7.36. The highest BCUT2D eigenvalue weighted by Crippen LogP contribution is 2.16. The van der Waals surface area contributed by atoms with Crippen molar-refractivity contribution in [2.24, 2.45) is 0 Å². The molecule has 0 atom stereocenters. The second-order valence-corrected chi connectivity index (χ2v) is 3.86. The SMILES string of the molecule is COc1ccccc1CNC(=O)NC=C(C)C. The summed E-state index contributed by atoms with van der Waals surface area (Å²) < 4.78 is 5.19. The first-order chi connectivity index (χ1) is 8.13. The summed E-state index contributed by atoms with van der Waals surface area (Å²) in [7, 11) is 1.61. The molecule has 0 aliphatic heterocycles. The zero-order valence-electron chi connectivity index (χ0n) is 10.4. The van der Waals surface area contributed by atoms with Crippen molar-refractivity contribution >= 4 is 6.03 Å². The van der Waals surface area contributed by atoms with Crippen LogP contribution in [0, 0.1) is 0 Å². The van der Waals surface area contributed by atoms with Crippen LogP contribution >= 0.6 is 0 Å². The van der Waals surface area contributed by atoms with E-state index < -0.39 is 0 Å². The summed E-state index contributed by atoms with van der Waals surface area (Å²) in [5.41, 5.74) is 1.99. The Morgan fingerprint density at radius 3 is 2.71 bits per heavy atom. The molecule has 0 unspecified atom stereocenters. The van der Waals surface area contributed by atoms with E-state index in [4.69, 9.17) is 4.74 Å². The molecule has 0 fully saturated rings. The van der Waals surface area contributed by atoms with Crippen molar-refractivity contribution in [1.29, 1.82) is 0 Å². The van der Waals surface area contributed by atoms with E-state index in [1.807, 2.05) is 38.1 Å². The van der Waals surface area contributed by atoms with Gasteiger partial charge in [-0.25, -0.2) is 4.79 Å². The smallest absolute Gasteiger partial charge is 0.319 e. The molecular formula is C13H18N2O2. The molecule has 2 N–H and O–H groups in total. The number of urea groups is 1. The van der Waals surface area contributed by atoms with Crippen molar-refractivity contribution in [1.82, 2.24) is 10.6 Å². The Morgan fingerprint density at radius 1 is 1.35 bits per heavy atom. The van der Waals surface area contributed by atoms with Crippen LogP contribution < -0.4 is 15.4 Å². The Balaban J connectivity index is 2.50. The maximum Gasteiger partial charge on any atom is 0.319 e. The Bertz CT molecular complexity index is 410. The highest BCUT2D eigenvalue weighted by Gasteiger charge is 2.03. The highest BCUT2D eigenvalue weighted by atomic mass is 16.5. The molecule has 0 radical (unpaired) electrons. The molecular weight excluding hydrogens is 216 g/mol. The molecule has 17 heavy (non-hydrogen) atoms.